The lowest BCUT2D eigenvalue weighted by atomic mass is 10.0. The van der Waals surface area contributed by atoms with Gasteiger partial charge in [0.15, 0.2) is 0 Å². The molecular formula is C14H25NO. The fraction of sp³-hybridized carbons (Fsp3) is 0.857. The summed E-state index contributed by atoms with van der Waals surface area (Å²) in [6.07, 6.45) is 12.5. The molecule has 92 valence electrons. The van der Waals surface area contributed by atoms with E-state index in [-0.39, 0.29) is 5.60 Å². The molecule has 0 bridgehead atoms. The first-order valence-electron chi connectivity index (χ1n) is 6.72. The molecule has 2 nitrogen and oxygen atoms in total. The van der Waals surface area contributed by atoms with Gasteiger partial charge in [-0.15, -0.1) is 0 Å². The lowest BCUT2D eigenvalue weighted by Crippen LogP contribution is -2.19. The largest absolute Gasteiger partial charge is 0.372 e. The monoisotopic (exact) mass is 223 g/mol. The third-order valence-electron chi connectivity index (χ3n) is 3.44. The van der Waals surface area contributed by atoms with Crippen molar-refractivity contribution in [3.05, 3.63) is 12.2 Å². The van der Waals surface area contributed by atoms with Crippen molar-refractivity contribution in [2.75, 3.05) is 6.54 Å². The summed E-state index contributed by atoms with van der Waals surface area (Å²) in [5.74, 6) is 0. The molecular weight excluding hydrogens is 198 g/mol. The zero-order valence-electron chi connectivity index (χ0n) is 10.7. The summed E-state index contributed by atoms with van der Waals surface area (Å²) in [7, 11) is 0. The van der Waals surface area contributed by atoms with Crippen LogP contribution in [0.4, 0.5) is 0 Å². The van der Waals surface area contributed by atoms with Crippen molar-refractivity contribution in [3.8, 4) is 0 Å². The molecule has 1 saturated heterocycles. The van der Waals surface area contributed by atoms with Crippen molar-refractivity contribution in [2.45, 2.75) is 70.1 Å². The summed E-state index contributed by atoms with van der Waals surface area (Å²) >= 11 is 0. The van der Waals surface area contributed by atoms with Crippen LogP contribution in [-0.4, -0.2) is 24.3 Å². The van der Waals surface area contributed by atoms with Crippen LogP contribution in [-0.2, 0) is 4.74 Å². The lowest BCUT2D eigenvalue weighted by Gasteiger charge is -2.18. The third kappa shape index (κ3) is 4.26. The summed E-state index contributed by atoms with van der Waals surface area (Å²) in [6, 6.07) is 0.840. The maximum Gasteiger partial charge on any atom is 0.0631 e. The van der Waals surface area contributed by atoms with E-state index in [1.807, 2.05) is 0 Å². The Bertz CT molecular complexity index is 243. The molecule has 1 heterocycles. The second-order valence-electron chi connectivity index (χ2n) is 5.76. The Morgan fingerprint density at radius 3 is 2.69 bits per heavy atom. The van der Waals surface area contributed by atoms with E-state index >= 15 is 0 Å². The highest BCUT2D eigenvalue weighted by atomic mass is 16.5. The smallest absolute Gasteiger partial charge is 0.0631 e. The van der Waals surface area contributed by atoms with E-state index in [2.05, 4.69) is 31.3 Å². The molecule has 0 aromatic carbocycles. The van der Waals surface area contributed by atoms with Gasteiger partial charge in [-0.05, 0) is 58.9 Å². The highest BCUT2D eigenvalue weighted by molar-refractivity contribution is 4.90. The molecule has 2 rings (SSSR count). The lowest BCUT2D eigenvalue weighted by molar-refractivity contribution is -0.0134. The quantitative estimate of drug-likeness (QED) is 0.552. The molecule has 1 atom stereocenters. The normalized spacial score (nSPS) is 29.0. The van der Waals surface area contributed by atoms with E-state index in [0.29, 0.717) is 6.10 Å². The number of ether oxygens (including phenoxy) is 1. The molecule has 1 aliphatic carbocycles. The van der Waals surface area contributed by atoms with Gasteiger partial charge in [0, 0.05) is 6.04 Å². The first-order valence-corrected chi connectivity index (χ1v) is 6.72. The van der Waals surface area contributed by atoms with Gasteiger partial charge >= 0.3 is 0 Å². The van der Waals surface area contributed by atoms with Crippen LogP contribution < -0.4 is 5.32 Å². The van der Waals surface area contributed by atoms with Gasteiger partial charge in [0.05, 0.1) is 11.7 Å². The van der Waals surface area contributed by atoms with E-state index < -0.39 is 0 Å². The standard InChI is InChI=1S/C14H25NO/c1-14(2)10-9-13(16-14)6-4-3-5-11-15-12-7-8-12/h3-4,12-13,15H,5-11H2,1-2H3/b4-3+. The molecule has 2 fully saturated rings. The Morgan fingerprint density at radius 2 is 2.06 bits per heavy atom. The third-order valence-corrected chi connectivity index (χ3v) is 3.44. The molecule has 16 heavy (non-hydrogen) atoms. The van der Waals surface area contributed by atoms with Crippen molar-refractivity contribution in [1.29, 1.82) is 0 Å². The van der Waals surface area contributed by atoms with Gasteiger partial charge in [0.2, 0.25) is 0 Å². The Morgan fingerprint density at radius 1 is 1.25 bits per heavy atom. The van der Waals surface area contributed by atoms with E-state index in [4.69, 9.17) is 4.74 Å². The van der Waals surface area contributed by atoms with Crippen LogP contribution in [0.3, 0.4) is 0 Å². The number of nitrogens with one attached hydrogen (secondary N) is 1. The predicted octanol–water partition coefficient (Wildman–Crippen LogP) is 3.03. The van der Waals surface area contributed by atoms with Gasteiger partial charge in [-0.1, -0.05) is 12.2 Å². The van der Waals surface area contributed by atoms with E-state index in [1.54, 1.807) is 0 Å². The molecule has 0 amide bonds. The van der Waals surface area contributed by atoms with Crippen LogP contribution in [0.15, 0.2) is 12.2 Å². The highest BCUT2D eigenvalue weighted by Gasteiger charge is 2.30. The van der Waals surface area contributed by atoms with Gasteiger partial charge in [-0.2, -0.15) is 0 Å². The van der Waals surface area contributed by atoms with Gasteiger partial charge in [-0.25, -0.2) is 0 Å². The minimum Gasteiger partial charge on any atom is -0.372 e. The molecule has 0 spiro atoms. The van der Waals surface area contributed by atoms with Gasteiger partial charge in [-0.3, -0.25) is 0 Å². The van der Waals surface area contributed by atoms with Crippen molar-refractivity contribution < 1.29 is 4.74 Å². The van der Waals surface area contributed by atoms with E-state index in [9.17, 15) is 0 Å². The van der Waals surface area contributed by atoms with Gasteiger partial charge in [0.1, 0.15) is 0 Å². The average Bonchev–Trinajstić information content (AvgIpc) is 2.97. The molecule has 1 saturated carbocycles. The second kappa shape index (κ2) is 5.33. The molecule has 1 unspecified atom stereocenters. The van der Waals surface area contributed by atoms with Crippen LogP contribution in [0.1, 0.15) is 52.4 Å². The number of hydrogen-bond acceptors (Lipinski definition) is 2. The fourth-order valence-electron chi connectivity index (χ4n) is 2.27. The van der Waals surface area contributed by atoms with Crippen LogP contribution in [0.2, 0.25) is 0 Å². The molecule has 2 heteroatoms. The minimum absolute atomic E-state index is 0.117. The molecule has 0 aromatic heterocycles. The molecule has 2 aliphatic rings. The van der Waals surface area contributed by atoms with Crippen molar-refractivity contribution in [3.63, 3.8) is 0 Å². The summed E-state index contributed by atoms with van der Waals surface area (Å²) in [6.45, 7) is 5.52. The summed E-state index contributed by atoms with van der Waals surface area (Å²) < 4.78 is 5.94. The Hall–Kier alpha value is -0.340. The average molecular weight is 223 g/mol. The SMILES string of the molecule is CC1(C)CCC(C/C=C/CCNC2CC2)O1. The van der Waals surface area contributed by atoms with Crippen LogP contribution in [0.5, 0.6) is 0 Å². The molecule has 0 radical (unpaired) electrons. The van der Waals surface area contributed by atoms with Crippen molar-refractivity contribution in [2.24, 2.45) is 0 Å². The summed E-state index contributed by atoms with van der Waals surface area (Å²) in [5.41, 5.74) is 0.117. The minimum atomic E-state index is 0.117. The molecule has 1 N–H and O–H groups in total. The molecule has 1 aliphatic heterocycles. The highest BCUT2D eigenvalue weighted by Crippen LogP contribution is 2.30. The number of hydrogen-bond donors (Lipinski definition) is 1. The predicted molar refractivity (Wildman–Crippen MR) is 67.6 cm³/mol. The van der Waals surface area contributed by atoms with E-state index in [1.165, 1.54) is 25.7 Å². The first-order chi connectivity index (χ1) is 7.66. The Balaban J connectivity index is 1.51. The maximum atomic E-state index is 5.94. The maximum absolute atomic E-state index is 5.94. The summed E-state index contributed by atoms with van der Waals surface area (Å²) in [5, 5.41) is 3.52. The van der Waals surface area contributed by atoms with Crippen LogP contribution >= 0.6 is 0 Å². The van der Waals surface area contributed by atoms with Crippen LogP contribution in [0, 0.1) is 0 Å². The number of rotatable bonds is 6. The second-order valence-corrected chi connectivity index (χ2v) is 5.76. The molecule has 0 aromatic rings. The van der Waals surface area contributed by atoms with Gasteiger partial charge in [0.25, 0.3) is 0 Å². The fourth-order valence-corrected chi connectivity index (χ4v) is 2.27. The van der Waals surface area contributed by atoms with E-state index in [0.717, 1.165) is 25.4 Å². The Kier molecular flexibility index (Phi) is 4.04. The zero-order chi connectivity index (χ0) is 11.4. The van der Waals surface area contributed by atoms with Crippen LogP contribution in [0.25, 0.3) is 0 Å². The van der Waals surface area contributed by atoms with Crippen molar-refractivity contribution >= 4 is 0 Å². The van der Waals surface area contributed by atoms with Crippen molar-refractivity contribution in [1.82, 2.24) is 5.32 Å². The zero-order valence-corrected chi connectivity index (χ0v) is 10.7. The van der Waals surface area contributed by atoms with Gasteiger partial charge < -0.3 is 10.1 Å². The Labute approximate surface area is 99.4 Å². The summed E-state index contributed by atoms with van der Waals surface area (Å²) in [4.78, 5) is 0. The first kappa shape index (κ1) is 12.1. The topological polar surface area (TPSA) is 21.3 Å².